The fourth-order valence-electron chi connectivity index (χ4n) is 2.89. The zero-order valence-corrected chi connectivity index (χ0v) is 12.4. The summed E-state index contributed by atoms with van der Waals surface area (Å²) in [6.45, 7) is 0. The van der Waals surface area contributed by atoms with Crippen molar-refractivity contribution in [3.05, 3.63) is 28.2 Å². The van der Waals surface area contributed by atoms with E-state index in [1.54, 1.807) is 11.3 Å². The van der Waals surface area contributed by atoms with Crippen molar-refractivity contribution in [3.8, 4) is 0 Å². The van der Waals surface area contributed by atoms with E-state index in [0.29, 0.717) is 5.92 Å². The van der Waals surface area contributed by atoms with E-state index in [9.17, 15) is 4.79 Å². The minimum atomic E-state index is -0.932. The predicted molar refractivity (Wildman–Crippen MR) is 80.6 cm³/mol. The molecule has 0 saturated heterocycles. The summed E-state index contributed by atoms with van der Waals surface area (Å²) in [5.41, 5.74) is 0.968. The van der Waals surface area contributed by atoms with E-state index in [1.165, 1.54) is 0 Å². The second-order valence-corrected chi connectivity index (χ2v) is 6.72. The van der Waals surface area contributed by atoms with E-state index in [2.05, 4.69) is 10.3 Å². The highest BCUT2D eigenvalue weighted by Gasteiger charge is 2.29. The van der Waals surface area contributed by atoms with Crippen LogP contribution in [0.2, 0.25) is 5.02 Å². The van der Waals surface area contributed by atoms with Gasteiger partial charge in [0.2, 0.25) is 0 Å². The number of fused-ring (bicyclic) bond motifs is 1. The van der Waals surface area contributed by atoms with Gasteiger partial charge in [-0.05, 0) is 37.0 Å². The Morgan fingerprint density at radius 2 is 2.35 bits per heavy atom. The number of hydrogen-bond donors (Lipinski definition) is 2. The summed E-state index contributed by atoms with van der Waals surface area (Å²) in [6.07, 6.45) is 2.96. The largest absolute Gasteiger partial charge is 0.465 e. The number of rotatable bonds is 3. The lowest BCUT2D eigenvalue weighted by atomic mass is 10.0. The van der Waals surface area contributed by atoms with Gasteiger partial charge in [-0.15, -0.1) is 11.3 Å². The first-order chi connectivity index (χ1) is 9.61. The van der Waals surface area contributed by atoms with E-state index in [1.807, 2.05) is 18.2 Å². The van der Waals surface area contributed by atoms with Crippen LogP contribution in [0.25, 0.3) is 10.2 Å². The average molecular weight is 311 g/mol. The predicted octanol–water partition coefficient (Wildman–Crippen LogP) is 3.93. The summed E-state index contributed by atoms with van der Waals surface area (Å²) < 4.78 is 1.09. The first-order valence-electron chi connectivity index (χ1n) is 6.66. The van der Waals surface area contributed by atoms with Crippen LogP contribution >= 0.6 is 22.9 Å². The number of aromatic nitrogens is 1. The second-order valence-electron chi connectivity index (χ2n) is 5.17. The Labute approximate surface area is 125 Å². The zero-order chi connectivity index (χ0) is 14.1. The van der Waals surface area contributed by atoms with E-state index in [0.717, 1.165) is 45.9 Å². The summed E-state index contributed by atoms with van der Waals surface area (Å²) in [7, 11) is 0. The van der Waals surface area contributed by atoms with Gasteiger partial charge in [-0.25, -0.2) is 9.78 Å². The molecule has 20 heavy (non-hydrogen) atoms. The minimum Gasteiger partial charge on any atom is -0.465 e. The molecule has 1 saturated carbocycles. The van der Waals surface area contributed by atoms with Crippen LogP contribution in [0.1, 0.15) is 24.3 Å². The molecule has 0 radical (unpaired) electrons. The van der Waals surface area contributed by atoms with Crippen LogP contribution in [0.4, 0.5) is 4.79 Å². The van der Waals surface area contributed by atoms with Crippen molar-refractivity contribution in [2.24, 2.45) is 5.92 Å². The highest BCUT2D eigenvalue weighted by molar-refractivity contribution is 7.18. The number of nitrogens with one attached hydrogen (secondary N) is 1. The maximum atomic E-state index is 10.8. The van der Waals surface area contributed by atoms with Crippen molar-refractivity contribution in [2.45, 2.75) is 31.7 Å². The van der Waals surface area contributed by atoms with Crippen LogP contribution in [-0.2, 0) is 6.42 Å². The topological polar surface area (TPSA) is 62.2 Å². The second kappa shape index (κ2) is 5.58. The van der Waals surface area contributed by atoms with Crippen molar-refractivity contribution < 1.29 is 9.90 Å². The molecule has 3 rings (SSSR count). The molecule has 1 fully saturated rings. The number of benzene rings is 1. The fraction of sp³-hybridized carbons (Fsp3) is 0.429. The summed E-state index contributed by atoms with van der Waals surface area (Å²) in [5, 5.41) is 13.3. The maximum Gasteiger partial charge on any atom is 0.404 e. The van der Waals surface area contributed by atoms with Gasteiger partial charge in [0.15, 0.2) is 0 Å². The summed E-state index contributed by atoms with van der Waals surface area (Å²) in [5.74, 6) is 0.349. The van der Waals surface area contributed by atoms with Crippen LogP contribution < -0.4 is 5.32 Å². The number of carboxylic acid groups (broad SMARTS) is 1. The first kappa shape index (κ1) is 13.6. The van der Waals surface area contributed by atoms with E-state index in [-0.39, 0.29) is 6.04 Å². The standard InChI is InChI=1S/C14H15ClN2O2S/c15-9-4-5-11-12(7-9)20-13(16-11)6-8-2-1-3-10(8)17-14(18)19/h4-5,7-8,10,17H,1-3,6H2,(H,18,19). The molecule has 1 aliphatic carbocycles. The Hall–Kier alpha value is -1.33. The molecule has 4 nitrogen and oxygen atoms in total. The molecule has 1 heterocycles. The quantitative estimate of drug-likeness (QED) is 0.903. The summed E-state index contributed by atoms with van der Waals surface area (Å²) in [4.78, 5) is 15.4. The van der Waals surface area contributed by atoms with Crippen LogP contribution in [0.15, 0.2) is 18.2 Å². The highest BCUT2D eigenvalue weighted by Crippen LogP contribution is 2.32. The molecule has 0 spiro atoms. The molecule has 0 bridgehead atoms. The molecule has 2 atom stereocenters. The summed E-state index contributed by atoms with van der Waals surface area (Å²) in [6, 6.07) is 5.76. The summed E-state index contributed by atoms with van der Waals surface area (Å²) >= 11 is 7.63. The molecule has 1 aliphatic rings. The Morgan fingerprint density at radius 3 is 3.15 bits per heavy atom. The Kier molecular flexibility index (Phi) is 3.81. The van der Waals surface area contributed by atoms with Crippen LogP contribution in [-0.4, -0.2) is 22.2 Å². The smallest absolute Gasteiger partial charge is 0.404 e. The maximum absolute atomic E-state index is 10.8. The normalized spacial score (nSPS) is 22.2. The lowest BCUT2D eigenvalue weighted by Crippen LogP contribution is -2.37. The van der Waals surface area contributed by atoms with Gasteiger partial charge in [0, 0.05) is 17.5 Å². The van der Waals surface area contributed by atoms with Crippen molar-refractivity contribution in [2.75, 3.05) is 0 Å². The van der Waals surface area contributed by atoms with Gasteiger partial charge in [-0.2, -0.15) is 0 Å². The third-order valence-electron chi connectivity index (χ3n) is 3.80. The van der Waals surface area contributed by atoms with Crippen LogP contribution in [0, 0.1) is 5.92 Å². The molecule has 0 aliphatic heterocycles. The van der Waals surface area contributed by atoms with E-state index >= 15 is 0 Å². The Balaban J connectivity index is 1.76. The SMILES string of the molecule is O=C(O)NC1CCCC1Cc1nc2ccc(Cl)cc2s1. The van der Waals surface area contributed by atoms with Crippen molar-refractivity contribution >= 4 is 39.2 Å². The van der Waals surface area contributed by atoms with Gasteiger partial charge in [0.05, 0.1) is 15.2 Å². The van der Waals surface area contributed by atoms with E-state index in [4.69, 9.17) is 16.7 Å². The molecule has 1 aromatic carbocycles. The monoisotopic (exact) mass is 310 g/mol. The van der Waals surface area contributed by atoms with E-state index < -0.39 is 6.09 Å². The van der Waals surface area contributed by atoms with Gasteiger partial charge >= 0.3 is 6.09 Å². The highest BCUT2D eigenvalue weighted by atomic mass is 35.5. The molecule has 106 valence electrons. The third kappa shape index (κ3) is 2.88. The molecule has 2 N–H and O–H groups in total. The van der Waals surface area contributed by atoms with Gasteiger partial charge in [0.25, 0.3) is 0 Å². The fourth-order valence-corrected chi connectivity index (χ4v) is 4.22. The Morgan fingerprint density at radius 1 is 1.50 bits per heavy atom. The first-order valence-corrected chi connectivity index (χ1v) is 7.85. The number of carbonyl (C=O) groups is 1. The molecule has 2 aromatic rings. The number of hydrogen-bond acceptors (Lipinski definition) is 3. The lowest BCUT2D eigenvalue weighted by Gasteiger charge is -2.18. The van der Waals surface area contributed by atoms with Gasteiger partial charge in [-0.1, -0.05) is 18.0 Å². The number of thiazole rings is 1. The zero-order valence-electron chi connectivity index (χ0n) is 10.8. The average Bonchev–Trinajstić information content (AvgIpc) is 2.95. The molecular formula is C14H15ClN2O2S. The van der Waals surface area contributed by atoms with Gasteiger partial charge in [0.1, 0.15) is 0 Å². The molecule has 2 unspecified atom stereocenters. The Bertz CT molecular complexity index is 643. The van der Waals surface area contributed by atoms with Crippen molar-refractivity contribution in [1.29, 1.82) is 0 Å². The van der Waals surface area contributed by atoms with Crippen molar-refractivity contribution in [1.82, 2.24) is 10.3 Å². The number of nitrogens with zero attached hydrogens (tertiary/aromatic N) is 1. The molecule has 1 aromatic heterocycles. The van der Waals surface area contributed by atoms with Gasteiger partial charge < -0.3 is 10.4 Å². The van der Waals surface area contributed by atoms with Crippen LogP contribution in [0.3, 0.4) is 0 Å². The third-order valence-corrected chi connectivity index (χ3v) is 5.08. The number of amides is 1. The van der Waals surface area contributed by atoms with Crippen molar-refractivity contribution in [3.63, 3.8) is 0 Å². The molecular weight excluding hydrogens is 296 g/mol. The lowest BCUT2D eigenvalue weighted by molar-refractivity contribution is 0.186. The van der Waals surface area contributed by atoms with Gasteiger partial charge in [-0.3, -0.25) is 0 Å². The molecule has 6 heteroatoms. The van der Waals surface area contributed by atoms with Crippen LogP contribution in [0.5, 0.6) is 0 Å². The minimum absolute atomic E-state index is 0.0584. The number of halogens is 1. The molecule has 1 amide bonds.